The standard InChI is InChI=1S/C8H11N5/c1-3-6-4-10-13-7(6)11-5(2)12-8(13)9/h4H,3H2,1-2H3,(H2,9,11,12). The predicted octanol–water partition coefficient (Wildman–Crippen LogP) is 0.577. The van der Waals surface area contributed by atoms with Crippen molar-refractivity contribution in [3.8, 4) is 0 Å². The summed E-state index contributed by atoms with van der Waals surface area (Å²) in [7, 11) is 0. The number of hydrogen-bond acceptors (Lipinski definition) is 4. The molecule has 2 N–H and O–H groups in total. The summed E-state index contributed by atoms with van der Waals surface area (Å²) in [6, 6.07) is 0. The van der Waals surface area contributed by atoms with Gasteiger partial charge in [-0.05, 0) is 13.3 Å². The van der Waals surface area contributed by atoms with E-state index in [1.165, 1.54) is 0 Å². The second-order valence-corrected chi connectivity index (χ2v) is 2.89. The predicted molar refractivity (Wildman–Crippen MR) is 49.3 cm³/mol. The average molecular weight is 177 g/mol. The molecule has 0 spiro atoms. The molecular weight excluding hydrogens is 166 g/mol. The van der Waals surface area contributed by atoms with Crippen LogP contribution >= 0.6 is 0 Å². The van der Waals surface area contributed by atoms with Crippen LogP contribution in [0.4, 0.5) is 5.95 Å². The lowest BCUT2D eigenvalue weighted by Gasteiger charge is -1.99. The summed E-state index contributed by atoms with van der Waals surface area (Å²) in [4.78, 5) is 8.29. The van der Waals surface area contributed by atoms with E-state index in [4.69, 9.17) is 5.73 Å². The Labute approximate surface area is 75.6 Å². The smallest absolute Gasteiger partial charge is 0.224 e. The minimum atomic E-state index is 0.391. The van der Waals surface area contributed by atoms with Crippen molar-refractivity contribution < 1.29 is 0 Å². The Hall–Kier alpha value is -1.65. The van der Waals surface area contributed by atoms with Crippen molar-refractivity contribution >= 4 is 11.6 Å². The van der Waals surface area contributed by atoms with Crippen LogP contribution in [0.3, 0.4) is 0 Å². The minimum absolute atomic E-state index is 0.391. The molecule has 0 atom stereocenters. The van der Waals surface area contributed by atoms with Gasteiger partial charge in [0.2, 0.25) is 5.95 Å². The summed E-state index contributed by atoms with van der Waals surface area (Å²) in [6.45, 7) is 3.88. The summed E-state index contributed by atoms with van der Waals surface area (Å²) in [5.41, 5.74) is 7.58. The molecule has 0 aliphatic carbocycles. The molecule has 5 heteroatoms. The van der Waals surface area contributed by atoms with E-state index < -0.39 is 0 Å². The Bertz CT molecular complexity index is 445. The molecule has 0 saturated carbocycles. The van der Waals surface area contributed by atoms with Crippen molar-refractivity contribution in [1.82, 2.24) is 19.6 Å². The van der Waals surface area contributed by atoms with Gasteiger partial charge < -0.3 is 5.73 Å². The molecule has 2 rings (SSSR count). The zero-order chi connectivity index (χ0) is 9.42. The lowest BCUT2D eigenvalue weighted by Crippen LogP contribution is -2.05. The number of fused-ring (bicyclic) bond motifs is 1. The third-order valence-electron chi connectivity index (χ3n) is 1.96. The van der Waals surface area contributed by atoms with Gasteiger partial charge in [-0.1, -0.05) is 6.92 Å². The van der Waals surface area contributed by atoms with E-state index in [2.05, 4.69) is 22.0 Å². The van der Waals surface area contributed by atoms with Gasteiger partial charge in [0.1, 0.15) is 5.82 Å². The number of nitrogens with zero attached hydrogens (tertiary/aromatic N) is 4. The molecule has 0 saturated heterocycles. The van der Waals surface area contributed by atoms with E-state index in [-0.39, 0.29) is 0 Å². The Morgan fingerprint density at radius 3 is 2.92 bits per heavy atom. The van der Waals surface area contributed by atoms with Gasteiger partial charge in [0, 0.05) is 5.56 Å². The van der Waals surface area contributed by atoms with E-state index in [1.807, 2.05) is 6.92 Å². The van der Waals surface area contributed by atoms with E-state index in [9.17, 15) is 0 Å². The Morgan fingerprint density at radius 1 is 1.46 bits per heavy atom. The quantitative estimate of drug-likeness (QED) is 0.691. The first-order chi connectivity index (χ1) is 6.22. The fraction of sp³-hybridized carbons (Fsp3) is 0.375. The molecule has 0 radical (unpaired) electrons. The highest BCUT2D eigenvalue weighted by atomic mass is 15.3. The van der Waals surface area contributed by atoms with E-state index in [0.29, 0.717) is 11.8 Å². The van der Waals surface area contributed by atoms with Crippen molar-refractivity contribution in [2.75, 3.05) is 5.73 Å². The second-order valence-electron chi connectivity index (χ2n) is 2.89. The number of nitrogens with two attached hydrogens (primary N) is 1. The van der Waals surface area contributed by atoms with Crippen LogP contribution < -0.4 is 5.73 Å². The average Bonchev–Trinajstić information content (AvgIpc) is 2.47. The van der Waals surface area contributed by atoms with Crippen molar-refractivity contribution in [3.63, 3.8) is 0 Å². The topological polar surface area (TPSA) is 69.1 Å². The molecule has 13 heavy (non-hydrogen) atoms. The Morgan fingerprint density at radius 2 is 2.23 bits per heavy atom. The highest BCUT2D eigenvalue weighted by Gasteiger charge is 2.07. The summed E-state index contributed by atoms with van der Waals surface area (Å²) >= 11 is 0. The van der Waals surface area contributed by atoms with Gasteiger partial charge in [-0.15, -0.1) is 0 Å². The Balaban J connectivity index is 2.82. The molecule has 0 unspecified atom stereocenters. The fourth-order valence-electron chi connectivity index (χ4n) is 1.30. The molecule has 0 bridgehead atoms. The van der Waals surface area contributed by atoms with E-state index >= 15 is 0 Å². The molecule has 0 aliphatic heterocycles. The van der Waals surface area contributed by atoms with Crippen LogP contribution in [0.5, 0.6) is 0 Å². The van der Waals surface area contributed by atoms with Crippen molar-refractivity contribution in [1.29, 1.82) is 0 Å². The lowest BCUT2D eigenvalue weighted by molar-refractivity contribution is 0.886. The van der Waals surface area contributed by atoms with Gasteiger partial charge in [0.25, 0.3) is 0 Å². The summed E-state index contributed by atoms with van der Waals surface area (Å²) in [6.07, 6.45) is 2.68. The van der Waals surface area contributed by atoms with Crippen LogP contribution in [0.25, 0.3) is 5.65 Å². The molecular formula is C8H11N5. The lowest BCUT2D eigenvalue weighted by atomic mass is 10.3. The molecule has 0 fully saturated rings. The number of nitrogen functional groups attached to an aromatic ring is 1. The highest BCUT2D eigenvalue weighted by Crippen LogP contribution is 2.10. The van der Waals surface area contributed by atoms with Crippen LogP contribution in [0.1, 0.15) is 18.3 Å². The third kappa shape index (κ3) is 1.12. The molecule has 2 aromatic rings. The maximum absolute atomic E-state index is 5.67. The maximum Gasteiger partial charge on any atom is 0.224 e. The van der Waals surface area contributed by atoms with Crippen molar-refractivity contribution in [3.05, 3.63) is 17.6 Å². The largest absolute Gasteiger partial charge is 0.368 e. The van der Waals surface area contributed by atoms with Gasteiger partial charge in [-0.2, -0.15) is 14.6 Å². The van der Waals surface area contributed by atoms with Gasteiger partial charge in [0.15, 0.2) is 5.65 Å². The highest BCUT2D eigenvalue weighted by molar-refractivity contribution is 5.49. The molecule has 0 aliphatic rings. The van der Waals surface area contributed by atoms with Crippen molar-refractivity contribution in [2.45, 2.75) is 20.3 Å². The Kier molecular flexibility index (Phi) is 1.65. The molecule has 0 aromatic carbocycles. The zero-order valence-electron chi connectivity index (χ0n) is 7.65. The van der Waals surface area contributed by atoms with Crippen LogP contribution in [0.15, 0.2) is 6.20 Å². The first-order valence-electron chi connectivity index (χ1n) is 4.19. The summed E-state index contributed by atoms with van der Waals surface area (Å²) in [5, 5.41) is 4.10. The van der Waals surface area contributed by atoms with Gasteiger partial charge in [-0.3, -0.25) is 0 Å². The van der Waals surface area contributed by atoms with Crippen LogP contribution in [-0.4, -0.2) is 19.6 Å². The van der Waals surface area contributed by atoms with Crippen LogP contribution in [0, 0.1) is 6.92 Å². The summed E-state index contributed by atoms with van der Waals surface area (Å²) < 4.78 is 1.56. The van der Waals surface area contributed by atoms with Gasteiger partial charge >= 0.3 is 0 Å². The number of anilines is 1. The monoisotopic (exact) mass is 177 g/mol. The van der Waals surface area contributed by atoms with E-state index in [1.54, 1.807) is 10.7 Å². The van der Waals surface area contributed by atoms with Gasteiger partial charge in [0.05, 0.1) is 6.20 Å². The minimum Gasteiger partial charge on any atom is -0.368 e. The SMILES string of the molecule is CCc1cnn2c(N)nc(C)nc12. The van der Waals surface area contributed by atoms with Gasteiger partial charge in [-0.25, -0.2) is 4.98 Å². The maximum atomic E-state index is 5.67. The van der Waals surface area contributed by atoms with Crippen molar-refractivity contribution in [2.24, 2.45) is 0 Å². The molecule has 68 valence electrons. The van der Waals surface area contributed by atoms with Crippen LogP contribution in [-0.2, 0) is 6.42 Å². The number of hydrogen-bond donors (Lipinski definition) is 1. The first kappa shape index (κ1) is 7.97. The second kappa shape index (κ2) is 2.69. The number of aryl methyl sites for hydroxylation is 2. The fourth-order valence-corrected chi connectivity index (χ4v) is 1.30. The molecule has 5 nitrogen and oxygen atoms in total. The van der Waals surface area contributed by atoms with E-state index in [0.717, 1.165) is 17.6 Å². The third-order valence-corrected chi connectivity index (χ3v) is 1.96. The molecule has 2 aromatic heterocycles. The molecule has 2 heterocycles. The number of aromatic nitrogens is 4. The summed E-state index contributed by atoms with van der Waals surface area (Å²) in [5.74, 6) is 1.07. The zero-order valence-corrected chi connectivity index (χ0v) is 7.65. The van der Waals surface area contributed by atoms with Crippen LogP contribution in [0.2, 0.25) is 0 Å². The first-order valence-corrected chi connectivity index (χ1v) is 4.19. The number of rotatable bonds is 1. The normalized spacial score (nSPS) is 10.9. The molecule has 0 amide bonds.